The third kappa shape index (κ3) is 3.08. The summed E-state index contributed by atoms with van der Waals surface area (Å²) in [5.41, 5.74) is 2.79. The van der Waals surface area contributed by atoms with E-state index in [1.165, 1.54) is 0 Å². The smallest absolute Gasteiger partial charge is 0.273 e. The number of pyridine rings is 1. The van der Waals surface area contributed by atoms with E-state index in [-0.39, 0.29) is 30.5 Å². The summed E-state index contributed by atoms with van der Waals surface area (Å²) in [6.07, 6.45) is 3.00. The number of carbonyl (C=O) groups excluding carboxylic acids is 1. The summed E-state index contributed by atoms with van der Waals surface area (Å²) >= 11 is 0. The quantitative estimate of drug-likeness (QED) is 0.725. The maximum atomic E-state index is 12.4. The van der Waals surface area contributed by atoms with Crippen molar-refractivity contribution >= 4 is 16.9 Å². The second-order valence-corrected chi connectivity index (χ2v) is 6.70. The van der Waals surface area contributed by atoms with Crippen LogP contribution in [-0.2, 0) is 18.3 Å². The van der Waals surface area contributed by atoms with Crippen LogP contribution in [0.3, 0.4) is 0 Å². The van der Waals surface area contributed by atoms with Crippen LogP contribution in [0.4, 0.5) is 0 Å². The van der Waals surface area contributed by atoms with Gasteiger partial charge in [-0.3, -0.25) is 19.4 Å². The monoisotopic (exact) mass is 332 g/mol. The highest BCUT2D eigenvalue weighted by Gasteiger charge is 2.32. The fourth-order valence-electron chi connectivity index (χ4n) is 3.39. The number of hydrogen-bond acceptors (Lipinski definition) is 4. The Morgan fingerprint density at radius 1 is 1.46 bits per heavy atom. The van der Waals surface area contributed by atoms with Crippen molar-refractivity contribution in [2.75, 3.05) is 6.61 Å². The van der Waals surface area contributed by atoms with Gasteiger partial charge in [0.2, 0.25) is 5.91 Å². The number of aryl methyl sites for hydroxylation is 3. The topological polar surface area (TPSA) is 100 Å². The molecule has 1 atom stereocenters. The number of aliphatic hydroxyl groups is 1. The second-order valence-electron chi connectivity index (χ2n) is 6.70. The average molecular weight is 332 g/mol. The van der Waals surface area contributed by atoms with Crippen molar-refractivity contribution < 1.29 is 9.90 Å². The van der Waals surface area contributed by atoms with Crippen molar-refractivity contribution in [2.24, 2.45) is 13.0 Å². The van der Waals surface area contributed by atoms with Crippen molar-refractivity contribution in [3.63, 3.8) is 0 Å². The van der Waals surface area contributed by atoms with Gasteiger partial charge in [-0.15, -0.1) is 0 Å². The number of aromatic amines is 1. The molecule has 3 N–H and O–H groups in total. The number of H-pyrrole nitrogens is 1. The van der Waals surface area contributed by atoms with Gasteiger partial charge in [0.15, 0.2) is 5.65 Å². The third-order valence-electron chi connectivity index (χ3n) is 4.89. The van der Waals surface area contributed by atoms with Crippen LogP contribution >= 0.6 is 0 Å². The average Bonchev–Trinajstić information content (AvgIpc) is 3.30. The SMILES string of the molecule is Cc1nc2c(c(C)c1CC(=O)NC(CCO)C1CC1)c(=O)[nH]n2C. The molecule has 1 aliphatic rings. The van der Waals surface area contributed by atoms with Crippen molar-refractivity contribution in [1.82, 2.24) is 20.1 Å². The van der Waals surface area contributed by atoms with Crippen LogP contribution in [0.15, 0.2) is 4.79 Å². The van der Waals surface area contributed by atoms with Crippen LogP contribution in [0, 0.1) is 19.8 Å². The number of nitrogens with one attached hydrogen (secondary N) is 2. The largest absolute Gasteiger partial charge is 0.396 e. The highest BCUT2D eigenvalue weighted by atomic mass is 16.3. The van der Waals surface area contributed by atoms with Gasteiger partial charge in [0, 0.05) is 25.4 Å². The Balaban J connectivity index is 1.85. The number of rotatable bonds is 6. The molecule has 24 heavy (non-hydrogen) atoms. The predicted octanol–water partition coefficient (Wildman–Crippen LogP) is 0.698. The molecule has 2 heterocycles. The summed E-state index contributed by atoms with van der Waals surface area (Å²) in [6.45, 7) is 3.80. The molecule has 1 saturated carbocycles. The van der Waals surface area contributed by atoms with Gasteiger partial charge in [-0.25, -0.2) is 4.98 Å². The van der Waals surface area contributed by atoms with E-state index in [0.717, 1.165) is 29.7 Å². The molecule has 1 fully saturated rings. The van der Waals surface area contributed by atoms with Crippen LogP contribution in [0.5, 0.6) is 0 Å². The molecule has 1 aliphatic carbocycles. The first-order valence-electron chi connectivity index (χ1n) is 8.37. The molecule has 0 aromatic carbocycles. The standard InChI is InChI=1S/C17H24N4O3/c1-9-12(8-14(23)19-13(6-7-22)11-4-5-11)10(2)18-16-15(9)17(24)20-21(16)3/h11,13,22H,4-8H2,1-3H3,(H,19,23)(H,20,24). The van der Waals surface area contributed by atoms with E-state index < -0.39 is 0 Å². The Kier molecular flexibility index (Phi) is 4.45. The zero-order chi connectivity index (χ0) is 17.4. The third-order valence-corrected chi connectivity index (χ3v) is 4.89. The number of hydrogen-bond donors (Lipinski definition) is 3. The molecule has 0 saturated heterocycles. The summed E-state index contributed by atoms with van der Waals surface area (Å²) < 4.78 is 1.60. The first-order chi connectivity index (χ1) is 11.4. The summed E-state index contributed by atoms with van der Waals surface area (Å²) in [7, 11) is 1.75. The van der Waals surface area contributed by atoms with E-state index in [2.05, 4.69) is 15.4 Å². The molecule has 3 rings (SSSR count). The molecule has 0 radical (unpaired) electrons. The first kappa shape index (κ1) is 16.7. The molecule has 1 unspecified atom stereocenters. The first-order valence-corrected chi connectivity index (χ1v) is 8.37. The number of aromatic nitrogens is 3. The van der Waals surface area contributed by atoms with Gasteiger partial charge in [0.25, 0.3) is 5.56 Å². The van der Waals surface area contributed by atoms with E-state index in [9.17, 15) is 9.59 Å². The Bertz CT molecular complexity index is 832. The van der Waals surface area contributed by atoms with Crippen LogP contribution in [0.2, 0.25) is 0 Å². The molecular weight excluding hydrogens is 308 g/mol. The molecule has 1 amide bonds. The minimum atomic E-state index is -0.185. The normalized spacial score (nSPS) is 15.7. The highest BCUT2D eigenvalue weighted by Crippen LogP contribution is 2.34. The molecule has 7 nitrogen and oxygen atoms in total. The van der Waals surface area contributed by atoms with E-state index in [4.69, 9.17) is 5.11 Å². The highest BCUT2D eigenvalue weighted by molar-refractivity contribution is 5.84. The van der Waals surface area contributed by atoms with Crippen LogP contribution in [0.25, 0.3) is 11.0 Å². The molecule has 130 valence electrons. The maximum absolute atomic E-state index is 12.4. The van der Waals surface area contributed by atoms with Gasteiger partial charge in [-0.05, 0) is 50.2 Å². The van der Waals surface area contributed by atoms with Crippen LogP contribution in [0.1, 0.15) is 36.1 Å². The Labute approximate surface area is 140 Å². The van der Waals surface area contributed by atoms with Gasteiger partial charge in [-0.1, -0.05) is 0 Å². The van der Waals surface area contributed by atoms with Gasteiger partial charge in [0.1, 0.15) is 0 Å². The zero-order valence-corrected chi connectivity index (χ0v) is 14.3. The minimum Gasteiger partial charge on any atom is -0.396 e. The molecule has 2 aromatic rings. The molecule has 7 heteroatoms. The van der Waals surface area contributed by atoms with Crippen molar-refractivity contribution in [1.29, 1.82) is 0 Å². The van der Waals surface area contributed by atoms with E-state index in [1.54, 1.807) is 11.7 Å². The Morgan fingerprint density at radius 3 is 2.79 bits per heavy atom. The summed E-state index contributed by atoms with van der Waals surface area (Å²) in [5, 5.41) is 15.4. The summed E-state index contributed by atoms with van der Waals surface area (Å²) in [6, 6.07) is 0.0416. The Morgan fingerprint density at radius 2 is 2.17 bits per heavy atom. The van der Waals surface area contributed by atoms with Gasteiger partial charge in [0.05, 0.1) is 11.8 Å². The fraction of sp³-hybridized carbons (Fsp3) is 0.588. The van der Waals surface area contributed by atoms with E-state index in [1.807, 2.05) is 13.8 Å². The minimum absolute atomic E-state index is 0.0416. The number of nitrogens with zero attached hydrogens (tertiary/aromatic N) is 2. The lowest BCUT2D eigenvalue weighted by Gasteiger charge is -2.18. The van der Waals surface area contributed by atoms with Crippen molar-refractivity contribution in [3.05, 3.63) is 27.2 Å². The van der Waals surface area contributed by atoms with Crippen molar-refractivity contribution in [2.45, 2.75) is 45.6 Å². The molecule has 2 aromatic heterocycles. The number of carbonyl (C=O) groups is 1. The fourth-order valence-corrected chi connectivity index (χ4v) is 3.39. The van der Waals surface area contributed by atoms with E-state index >= 15 is 0 Å². The Hall–Kier alpha value is -2.15. The maximum Gasteiger partial charge on any atom is 0.273 e. The lowest BCUT2D eigenvalue weighted by molar-refractivity contribution is -0.121. The lowest BCUT2D eigenvalue weighted by atomic mass is 10.0. The molecule has 0 bridgehead atoms. The number of aliphatic hydroxyl groups excluding tert-OH is 1. The molecule has 0 aliphatic heterocycles. The summed E-state index contributed by atoms with van der Waals surface area (Å²) in [5.74, 6) is 0.404. The van der Waals surface area contributed by atoms with Crippen molar-refractivity contribution in [3.8, 4) is 0 Å². The lowest BCUT2D eigenvalue weighted by Crippen LogP contribution is -2.38. The summed E-state index contributed by atoms with van der Waals surface area (Å²) in [4.78, 5) is 29.0. The predicted molar refractivity (Wildman–Crippen MR) is 90.9 cm³/mol. The van der Waals surface area contributed by atoms with Crippen LogP contribution < -0.4 is 10.9 Å². The van der Waals surface area contributed by atoms with Gasteiger partial charge < -0.3 is 10.4 Å². The van der Waals surface area contributed by atoms with Crippen LogP contribution in [-0.4, -0.2) is 38.4 Å². The second kappa shape index (κ2) is 6.39. The molecule has 0 spiro atoms. The zero-order valence-electron chi connectivity index (χ0n) is 14.3. The number of amides is 1. The number of fused-ring (bicyclic) bond motifs is 1. The van der Waals surface area contributed by atoms with Gasteiger partial charge in [-0.2, -0.15) is 0 Å². The van der Waals surface area contributed by atoms with Gasteiger partial charge >= 0.3 is 0 Å². The molecular formula is C17H24N4O3. The van der Waals surface area contributed by atoms with E-state index in [0.29, 0.717) is 23.4 Å².